The van der Waals surface area contributed by atoms with Gasteiger partial charge in [-0.05, 0) is 31.2 Å². The van der Waals surface area contributed by atoms with Crippen LogP contribution in [0.5, 0.6) is 0 Å². The molecule has 17 heavy (non-hydrogen) atoms. The van der Waals surface area contributed by atoms with Gasteiger partial charge in [-0.3, -0.25) is 4.79 Å². The van der Waals surface area contributed by atoms with Crippen molar-refractivity contribution in [1.29, 1.82) is 0 Å². The fraction of sp³-hybridized carbons (Fsp3) is 0.182. The molecule has 0 saturated heterocycles. The predicted octanol–water partition coefficient (Wildman–Crippen LogP) is 1.37. The third kappa shape index (κ3) is 4.10. The topological polar surface area (TPSA) is 63.2 Å². The number of carbonyl (C=O) groups is 1. The normalized spacial score (nSPS) is 10.2. The van der Waals surface area contributed by atoms with Crippen molar-refractivity contribution < 1.29 is 13.2 Å². The highest BCUT2D eigenvalue weighted by Gasteiger charge is 2.11. The monoisotopic (exact) mass is 271 g/mol. The average molecular weight is 272 g/mol. The van der Waals surface area contributed by atoms with Crippen LogP contribution < -0.4 is 5.32 Å². The van der Waals surface area contributed by atoms with Crippen molar-refractivity contribution >= 4 is 25.6 Å². The first kappa shape index (κ1) is 13.6. The van der Waals surface area contributed by atoms with Gasteiger partial charge in [0.1, 0.15) is 0 Å². The van der Waals surface area contributed by atoms with E-state index < -0.39 is 9.05 Å². The van der Waals surface area contributed by atoms with Gasteiger partial charge in [-0.15, -0.1) is 5.92 Å². The molecule has 4 nitrogen and oxygen atoms in total. The first-order chi connectivity index (χ1) is 7.95. The van der Waals surface area contributed by atoms with Gasteiger partial charge in [-0.1, -0.05) is 5.92 Å². The molecule has 0 heterocycles. The minimum absolute atomic E-state index is 0.0379. The van der Waals surface area contributed by atoms with Crippen molar-refractivity contribution in [3.8, 4) is 11.8 Å². The van der Waals surface area contributed by atoms with Crippen LogP contribution in [0.25, 0.3) is 0 Å². The zero-order valence-electron chi connectivity index (χ0n) is 9.03. The molecule has 0 unspecified atom stereocenters. The molecule has 0 aromatic heterocycles. The van der Waals surface area contributed by atoms with Gasteiger partial charge in [0, 0.05) is 16.2 Å². The number of amides is 1. The second-order valence-corrected chi connectivity index (χ2v) is 5.64. The van der Waals surface area contributed by atoms with E-state index in [1.807, 2.05) is 0 Å². The maximum Gasteiger partial charge on any atom is 0.261 e. The van der Waals surface area contributed by atoms with Gasteiger partial charge >= 0.3 is 0 Å². The average Bonchev–Trinajstić information content (AvgIpc) is 2.28. The summed E-state index contributed by atoms with van der Waals surface area (Å²) in [6, 6.07) is 5.35. The van der Waals surface area contributed by atoms with Crippen LogP contribution in [0.15, 0.2) is 29.2 Å². The van der Waals surface area contributed by atoms with Crippen molar-refractivity contribution in [2.45, 2.75) is 11.8 Å². The van der Waals surface area contributed by atoms with Gasteiger partial charge in [0.25, 0.3) is 15.0 Å². The van der Waals surface area contributed by atoms with E-state index in [-0.39, 0.29) is 17.3 Å². The summed E-state index contributed by atoms with van der Waals surface area (Å²) in [5, 5.41) is 2.56. The lowest BCUT2D eigenvalue weighted by molar-refractivity contribution is 0.0958. The summed E-state index contributed by atoms with van der Waals surface area (Å²) in [7, 11) is 1.40. The number of halogens is 1. The maximum absolute atomic E-state index is 11.5. The highest BCUT2D eigenvalue weighted by molar-refractivity contribution is 8.13. The molecule has 0 bridgehead atoms. The summed E-state index contributed by atoms with van der Waals surface area (Å²) in [6.45, 7) is 1.93. The van der Waals surface area contributed by atoms with E-state index >= 15 is 0 Å². The molecule has 1 amide bonds. The Hall–Kier alpha value is -1.51. The zero-order chi connectivity index (χ0) is 12.9. The Balaban J connectivity index is 2.80. The summed E-state index contributed by atoms with van der Waals surface area (Å²) in [5.74, 6) is 5.01. The molecule has 0 spiro atoms. The van der Waals surface area contributed by atoms with Crippen molar-refractivity contribution in [2.24, 2.45) is 0 Å². The number of carbonyl (C=O) groups excluding carboxylic acids is 1. The van der Waals surface area contributed by atoms with Crippen LogP contribution in [0.2, 0.25) is 0 Å². The van der Waals surface area contributed by atoms with Gasteiger partial charge < -0.3 is 5.32 Å². The summed E-state index contributed by atoms with van der Waals surface area (Å²) in [5.41, 5.74) is 0.354. The Bertz CT molecular complexity index is 567. The fourth-order valence-electron chi connectivity index (χ4n) is 1.08. The zero-order valence-corrected chi connectivity index (χ0v) is 10.6. The summed E-state index contributed by atoms with van der Waals surface area (Å²) in [4.78, 5) is 11.5. The molecule has 0 aliphatic rings. The molecular weight excluding hydrogens is 262 g/mol. The predicted molar refractivity (Wildman–Crippen MR) is 65.3 cm³/mol. The third-order valence-electron chi connectivity index (χ3n) is 1.91. The fourth-order valence-corrected chi connectivity index (χ4v) is 1.85. The van der Waals surface area contributed by atoms with Crippen LogP contribution in [0.3, 0.4) is 0 Å². The number of nitrogens with one attached hydrogen (secondary N) is 1. The van der Waals surface area contributed by atoms with Crippen LogP contribution in [-0.4, -0.2) is 20.9 Å². The maximum atomic E-state index is 11.5. The molecule has 6 heteroatoms. The van der Waals surface area contributed by atoms with E-state index in [9.17, 15) is 13.2 Å². The van der Waals surface area contributed by atoms with E-state index in [1.54, 1.807) is 6.92 Å². The minimum Gasteiger partial charge on any atom is -0.341 e. The number of hydrogen-bond acceptors (Lipinski definition) is 3. The van der Waals surface area contributed by atoms with Gasteiger partial charge in [-0.2, -0.15) is 0 Å². The molecule has 1 aromatic carbocycles. The standard InChI is InChI=1S/C11H10ClNO3S/c1-2-3-8-13-11(14)9-4-6-10(7-5-9)17(12,15)16/h4-7H,8H2,1H3,(H,13,14). The first-order valence-corrected chi connectivity index (χ1v) is 6.98. The second-order valence-electron chi connectivity index (χ2n) is 3.07. The lowest BCUT2D eigenvalue weighted by atomic mass is 10.2. The SMILES string of the molecule is CC#CCNC(=O)c1ccc(S(=O)(=O)Cl)cc1. The smallest absolute Gasteiger partial charge is 0.261 e. The number of hydrogen-bond donors (Lipinski definition) is 1. The van der Waals surface area contributed by atoms with Gasteiger partial charge in [0.2, 0.25) is 0 Å². The Morgan fingerprint density at radius 3 is 2.41 bits per heavy atom. The van der Waals surface area contributed by atoms with E-state index in [2.05, 4.69) is 17.2 Å². The Kier molecular flexibility index (Phi) is 4.55. The van der Waals surface area contributed by atoms with Crippen LogP contribution in [0.4, 0.5) is 0 Å². The first-order valence-electron chi connectivity index (χ1n) is 4.67. The molecular formula is C11H10ClNO3S. The lowest BCUT2D eigenvalue weighted by Gasteiger charge is -2.02. The van der Waals surface area contributed by atoms with Crippen LogP contribution >= 0.6 is 10.7 Å². The van der Waals surface area contributed by atoms with Crippen molar-refractivity contribution in [1.82, 2.24) is 5.32 Å². The lowest BCUT2D eigenvalue weighted by Crippen LogP contribution is -2.23. The van der Waals surface area contributed by atoms with Crippen LogP contribution in [0, 0.1) is 11.8 Å². The van der Waals surface area contributed by atoms with E-state index in [0.29, 0.717) is 5.56 Å². The Morgan fingerprint density at radius 1 is 1.35 bits per heavy atom. The summed E-state index contributed by atoms with van der Waals surface area (Å²) < 4.78 is 21.9. The molecule has 1 N–H and O–H groups in total. The molecule has 1 rings (SSSR count). The van der Waals surface area contributed by atoms with Crippen LogP contribution in [0.1, 0.15) is 17.3 Å². The Labute approximate surface area is 104 Å². The molecule has 0 aliphatic carbocycles. The molecule has 0 fully saturated rings. The van der Waals surface area contributed by atoms with Crippen molar-refractivity contribution in [3.05, 3.63) is 29.8 Å². The molecule has 0 saturated carbocycles. The highest BCUT2D eigenvalue weighted by Crippen LogP contribution is 2.15. The quantitative estimate of drug-likeness (QED) is 0.667. The highest BCUT2D eigenvalue weighted by atomic mass is 35.7. The summed E-state index contributed by atoms with van der Waals surface area (Å²) >= 11 is 0. The minimum atomic E-state index is -3.75. The Morgan fingerprint density at radius 2 is 1.94 bits per heavy atom. The largest absolute Gasteiger partial charge is 0.341 e. The molecule has 90 valence electrons. The summed E-state index contributed by atoms with van der Waals surface area (Å²) in [6.07, 6.45) is 0. The van der Waals surface area contributed by atoms with E-state index in [0.717, 1.165) is 0 Å². The molecule has 0 radical (unpaired) electrons. The number of benzene rings is 1. The number of rotatable bonds is 3. The second kappa shape index (κ2) is 5.71. The van der Waals surface area contributed by atoms with Crippen LogP contribution in [-0.2, 0) is 9.05 Å². The molecule has 0 aliphatic heterocycles. The third-order valence-corrected chi connectivity index (χ3v) is 3.28. The van der Waals surface area contributed by atoms with Crippen molar-refractivity contribution in [2.75, 3.05) is 6.54 Å². The molecule has 1 aromatic rings. The van der Waals surface area contributed by atoms with E-state index in [4.69, 9.17) is 10.7 Å². The van der Waals surface area contributed by atoms with Gasteiger partial charge in [-0.25, -0.2) is 8.42 Å². The molecule has 0 atom stereocenters. The van der Waals surface area contributed by atoms with E-state index in [1.165, 1.54) is 24.3 Å². The van der Waals surface area contributed by atoms with Gasteiger partial charge in [0.05, 0.1) is 11.4 Å². The van der Waals surface area contributed by atoms with Gasteiger partial charge in [0.15, 0.2) is 0 Å². The van der Waals surface area contributed by atoms with Crippen molar-refractivity contribution in [3.63, 3.8) is 0 Å².